The van der Waals surface area contributed by atoms with E-state index in [1.807, 2.05) is 12.1 Å². The zero-order chi connectivity index (χ0) is 12.1. The second kappa shape index (κ2) is 6.38. The van der Waals surface area contributed by atoms with Crippen LogP contribution in [0, 0.1) is 5.82 Å². The van der Waals surface area contributed by atoms with Crippen LogP contribution in [-0.4, -0.2) is 42.9 Å². The van der Waals surface area contributed by atoms with Crippen molar-refractivity contribution in [3.05, 3.63) is 30.1 Å². The van der Waals surface area contributed by atoms with Gasteiger partial charge in [-0.15, -0.1) is 11.8 Å². The first-order valence-corrected chi connectivity index (χ1v) is 7.07. The van der Waals surface area contributed by atoms with Crippen LogP contribution in [0.4, 0.5) is 4.39 Å². The number of hydrogen-bond donors (Lipinski definition) is 1. The van der Waals surface area contributed by atoms with Gasteiger partial charge >= 0.3 is 0 Å². The van der Waals surface area contributed by atoms with Crippen molar-refractivity contribution in [2.45, 2.75) is 17.9 Å². The van der Waals surface area contributed by atoms with E-state index in [0.29, 0.717) is 6.04 Å². The second-order valence-corrected chi connectivity index (χ2v) is 5.57. The molecule has 4 heteroatoms. The van der Waals surface area contributed by atoms with Gasteiger partial charge in [0, 0.05) is 42.9 Å². The first kappa shape index (κ1) is 12.9. The number of nitrogens with one attached hydrogen (secondary N) is 1. The zero-order valence-corrected chi connectivity index (χ0v) is 11.0. The molecule has 1 aliphatic rings. The zero-order valence-electron chi connectivity index (χ0n) is 10.2. The van der Waals surface area contributed by atoms with Crippen molar-refractivity contribution in [3.8, 4) is 0 Å². The normalized spacial score (nSPS) is 21.6. The van der Waals surface area contributed by atoms with E-state index < -0.39 is 0 Å². The first-order chi connectivity index (χ1) is 8.25. The quantitative estimate of drug-likeness (QED) is 0.829. The van der Waals surface area contributed by atoms with E-state index in [2.05, 4.69) is 17.1 Å². The highest BCUT2D eigenvalue weighted by molar-refractivity contribution is 7.99. The Morgan fingerprint density at radius 1 is 1.47 bits per heavy atom. The van der Waals surface area contributed by atoms with Gasteiger partial charge in [0.15, 0.2) is 0 Å². The molecule has 2 nitrogen and oxygen atoms in total. The molecule has 1 saturated heterocycles. The minimum Gasteiger partial charge on any atom is -0.312 e. The summed E-state index contributed by atoms with van der Waals surface area (Å²) in [6, 6.07) is 7.56. The van der Waals surface area contributed by atoms with E-state index in [1.54, 1.807) is 17.8 Å². The van der Waals surface area contributed by atoms with E-state index in [9.17, 15) is 4.39 Å². The third-order valence-electron chi connectivity index (χ3n) is 2.95. The maximum absolute atomic E-state index is 13.4. The summed E-state index contributed by atoms with van der Waals surface area (Å²) in [6.07, 6.45) is 0. The fraction of sp³-hybridized carbons (Fsp3) is 0.538. The van der Waals surface area contributed by atoms with Gasteiger partial charge in [-0.25, -0.2) is 4.39 Å². The molecule has 1 fully saturated rings. The Hall–Kier alpha value is -0.580. The molecule has 0 aromatic heterocycles. The fourth-order valence-electron chi connectivity index (χ4n) is 2.06. The Labute approximate surface area is 107 Å². The lowest BCUT2D eigenvalue weighted by Crippen LogP contribution is -2.49. The van der Waals surface area contributed by atoms with Crippen molar-refractivity contribution in [1.82, 2.24) is 10.2 Å². The largest absolute Gasteiger partial charge is 0.312 e. The molecule has 2 rings (SSSR count). The summed E-state index contributed by atoms with van der Waals surface area (Å²) in [5.74, 6) is 0.847. The number of thioether (sulfide) groups is 1. The molecule has 0 aliphatic carbocycles. The van der Waals surface area contributed by atoms with Crippen LogP contribution in [0.25, 0.3) is 0 Å². The van der Waals surface area contributed by atoms with Gasteiger partial charge in [0.1, 0.15) is 5.82 Å². The molecule has 0 spiro atoms. The van der Waals surface area contributed by atoms with Gasteiger partial charge in [-0.2, -0.15) is 0 Å². The predicted octanol–water partition coefficient (Wildman–Crippen LogP) is 2.21. The lowest BCUT2D eigenvalue weighted by molar-refractivity contribution is 0.218. The SMILES string of the molecule is C[C@@H]1CN(CCSc2ccccc2F)CCN1. The number of rotatable bonds is 4. The Kier molecular flexibility index (Phi) is 4.83. The molecule has 94 valence electrons. The van der Waals surface area contributed by atoms with Crippen LogP contribution in [0.15, 0.2) is 29.2 Å². The first-order valence-electron chi connectivity index (χ1n) is 6.09. The van der Waals surface area contributed by atoms with E-state index >= 15 is 0 Å². The molecule has 1 heterocycles. The van der Waals surface area contributed by atoms with Crippen LogP contribution in [0.1, 0.15) is 6.92 Å². The highest BCUT2D eigenvalue weighted by atomic mass is 32.2. The number of benzene rings is 1. The molecule has 1 atom stereocenters. The van der Waals surface area contributed by atoms with Gasteiger partial charge in [0.25, 0.3) is 0 Å². The monoisotopic (exact) mass is 254 g/mol. The molecule has 1 N–H and O–H groups in total. The molecule has 17 heavy (non-hydrogen) atoms. The summed E-state index contributed by atoms with van der Waals surface area (Å²) in [4.78, 5) is 3.20. The predicted molar refractivity (Wildman–Crippen MR) is 71.0 cm³/mol. The van der Waals surface area contributed by atoms with Crippen molar-refractivity contribution in [2.24, 2.45) is 0 Å². The highest BCUT2D eigenvalue weighted by Crippen LogP contribution is 2.21. The molecular formula is C13H19FN2S. The minimum atomic E-state index is -0.105. The second-order valence-electron chi connectivity index (χ2n) is 4.43. The Morgan fingerprint density at radius 3 is 3.06 bits per heavy atom. The lowest BCUT2D eigenvalue weighted by Gasteiger charge is -2.31. The minimum absolute atomic E-state index is 0.105. The van der Waals surface area contributed by atoms with Gasteiger partial charge in [-0.3, -0.25) is 4.90 Å². The Bertz CT molecular complexity index is 359. The Morgan fingerprint density at radius 2 is 2.29 bits per heavy atom. The summed E-state index contributed by atoms with van der Waals surface area (Å²) in [5.41, 5.74) is 0. The summed E-state index contributed by atoms with van der Waals surface area (Å²) >= 11 is 1.60. The number of halogens is 1. The van der Waals surface area contributed by atoms with Crippen LogP contribution < -0.4 is 5.32 Å². The summed E-state index contributed by atoms with van der Waals surface area (Å²) < 4.78 is 13.4. The number of nitrogens with zero attached hydrogens (tertiary/aromatic N) is 1. The van der Waals surface area contributed by atoms with E-state index in [0.717, 1.165) is 36.8 Å². The summed E-state index contributed by atoms with van der Waals surface area (Å²) in [7, 11) is 0. The standard InChI is InChI=1S/C13H19FN2S/c1-11-10-16(7-6-15-11)8-9-17-13-5-3-2-4-12(13)14/h2-5,11,15H,6-10H2,1H3/t11-/m1/s1. The van der Waals surface area contributed by atoms with Crippen LogP contribution in [0.3, 0.4) is 0 Å². The van der Waals surface area contributed by atoms with Gasteiger partial charge in [-0.1, -0.05) is 12.1 Å². The van der Waals surface area contributed by atoms with Gasteiger partial charge in [0.2, 0.25) is 0 Å². The molecule has 1 aromatic carbocycles. The molecule has 0 bridgehead atoms. The molecule has 1 aromatic rings. The van der Waals surface area contributed by atoms with Gasteiger partial charge in [0.05, 0.1) is 0 Å². The van der Waals surface area contributed by atoms with E-state index in [4.69, 9.17) is 0 Å². The summed E-state index contributed by atoms with van der Waals surface area (Å²) in [6.45, 7) is 6.49. The average molecular weight is 254 g/mol. The van der Waals surface area contributed by atoms with Crippen molar-refractivity contribution >= 4 is 11.8 Å². The van der Waals surface area contributed by atoms with Gasteiger partial charge < -0.3 is 5.32 Å². The van der Waals surface area contributed by atoms with Crippen molar-refractivity contribution in [3.63, 3.8) is 0 Å². The van der Waals surface area contributed by atoms with Crippen LogP contribution in [-0.2, 0) is 0 Å². The topological polar surface area (TPSA) is 15.3 Å². The van der Waals surface area contributed by atoms with Crippen molar-refractivity contribution < 1.29 is 4.39 Å². The smallest absolute Gasteiger partial charge is 0.136 e. The van der Waals surface area contributed by atoms with Crippen molar-refractivity contribution in [1.29, 1.82) is 0 Å². The molecule has 1 aliphatic heterocycles. The van der Waals surface area contributed by atoms with Crippen LogP contribution in [0.2, 0.25) is 0 Å². The third kappa shape index (κ3) is 3.98. The number of hydrogen-bond acceptors (Lipinski definition) is 3. The average Bonchev–Trinajstić information content (AvgIpc) is 2.32. The molecule has 0 saturated carbocycles. The maximum atomic E-state index is 13.4. The third-order valence-corrected chi connectivity index (χ3v) is 3.98. The summed E-state index contributed by atoms with van der Waals surface area (Å²) in [5, 5.41) is 3.42. The highest BCUT2D eigenvalue weighted by Gasteiger charge is 2.14. The molecule has 0 unspecified atom stereocenters. The molecule has 0 radical (unpaired) electrons. The maximum Gasteiger partial charge on any atom is 0.136 e. The van der Waals surface area contributed by atoms with Crippen LogP contribution in [0.5, 0.6) is 0 Å². The Balaban J connectivity index is 1.74. The molecule has 0 amide bonds. The fourth-order valence-corrected chi connectivity index (χ4v) is 3.01. The number of piperazine rings is 1. The van der Waals surface area contributed by atoms with Gasteiger partial charge in [-0.05, 0) is 19.1 Å². The lowest BCUT2D eigenvalue weighted by atomic mass is 10.2. The van der Waals surface area contributed by atoms with E-state index in [1.165, 1.54) is 6.07 Å². The van der Waals surface area contributed by atoms with E-state index in [-0.39, 0.29) is 5.82 Å². The van der Waals surface area contributed by atoms with Crippen molar-refractivity contribution in [2.75, 3.05) is 31.9 Å². The molecular weight excluding hydrogens is 235 g/mol. The van der Waals surface area contributed by atoms with Crippen LogP contribution >= 0.6 is 11.8 Å².